The predicted octanol–water partition coefficient (Wildman–Crippen LogP) is 1.68. The molecule has 0 heterocycles. The minimum atomic E-state index is -0.237. The van der Waals surface area contributed by atoms with Crippen molar-refractivity contribution in [2.24, 2.45) is 0 Å². The van der Waals surface area contributed by atoms with Gasteiger partial charge < -0.3 is 4.74 Å². The topological polar surface area (TPSA) is 29.5 Å². The maximum Gasteiger partial charge on any atom is 0.320 e. The SMILES string of the molecule is C#CCN(CC(=O)OCC)Cc1ccccc1. The zero-order valence-electron chi connectivity index (χ0n) is 10.1. The Labute approximate surface area is 102 Å². The van der Waals surface area contributed by atoms with Gasteiger partial charge in [0.1, 0.15) is 0 Å². The second-order valence-corrected chi connectivity index (χ2v) is 3.64. The van der Waals surface area contributed by atoms with Gasteiger partial charge in [0.25, 0.3) is 0 Å². The molecule has 0 amide bonds. The summed E-state index contributed by atoms with van der Waals surface area (Å²) < 4.78 is 4.91. The summed E-state index contributed by atoms with van der Waals surface area (Å²) >= 11 is 0. The summed E-state index contributed by atoms with van der Waals surface area (Å²) in [5, 5.41) is 0. The van der Waals surface area contributed by atoms with Crippen molar-refractivity contribution in [2.45, 2.75) is 13.5 Å². The Kier molecular flexibility index (Phi) is 5.84. The summed E-state index contributed by atoms with van der Waals surface area (Å²) in [4.78, 5) is 13.3. The number of hydrogen-bond donors (Lipinski definition) is 0. The molecule has 90 valence electrons. The van der Waals surface area contributed by atoms with Gasteiger partial charge in [-0.15, -0.1) is 6.42 Å². The van der Waals surface area contributed by atoms with E-state index in [0.717, 1.165) is 5.56 Å². The molecule has 0 aliphatic carbocycles. The third kappa shape index (κ3) is 5.19. The molecule has 1 aromatic carbocycles. The van der Waals surface area contributed by atoms with Gasteiger partial charge in [0, 0.05) is 6.54 Å². The van der Waals surface area contributed by atoms with E-state index < -0.39 is 0 Å². The van der Waals surface area contributed by atoms with Crippen LogP contribution in [0.1, 0.15) is 12.5 Å². The number of ether oxygens (including phenoxy) is 1. The lowest BCUT2D eigenvalue weighted by molar-refractivity contribution is -0.144. The molecule has 0 aliphatic rings. The lowest BCUT2D eigenvalue weighted by Crippen LogP contribution is -2.31. The van der Waals surface area contributed by atoms with Crippen LogP contribution in [0.5, 0.6) is 0 Å². The third-order valence-corrected chi connectivity index (χ3v) is 2.22. The van der Waals surface area contributed by atoms with Gasteiger partial charge in [-0.25, -0.2) is 0 Å². The molecular weight excluding hydrogens is 214 g/mol. The summed E-state index contributed by atoms with van der Waals surface area (Å²) in [7, 11) is 0. The molecule has 17 heavy (non-hydrogen) atoms. The Morgan fingerprint density at radius 3 is 2.71 bits per heavy atom. The minimum absolute atomic E-state index is 0.229. The van der Waals surface area contributed by atoms with Crippen molar-refractivity contribution in [1.29, 1.82) is 0 Å². The average Bonchev–Trinajstić information content (AvgIpc) is 2.31. The van der Waals surface area contributed by atoms with Gasteiger partial charge in [-0.05, 0) is 12.5 Å². The fourth-order valence-corrected chi connectivity index (χ4v) is 1.53. The highest BCUT2D eigenvalue weighted by Crippen LogP contribution is 2.04. The number of benzene rings is 1. The monoisotopic (exact) mass is 231 g/mol. The molecule has 0 aromatic heterocycles. The Balaban J connectivity index is 2.55. The summed E-state index contributed by atoms with van der Waals surface area (Å²) in [6, 6.07) is 9.91. The molecule has 3 heteroatoms. The largest absolute Gasteiger partial charge is 0.465 e. The fourth-order valence-electron chi connectivity index (χ4n) is 1.53. The first kappa shape index (κ1) is 13.3. The zero-order valence-corrected chi connectivity index (χ0v) is 10.1. The van der Waals surface area contributed by atoms with E-state index in [1.165, 1.54) is 0 Å². The first-order valence-electron chi connectivity index (χ1n) is 5.61. The smallest absolute Gasteiger partial charge is 0.320 e. The quantitative estimate of drug-likeness (QED) is 0.551. The highest BCUT2D eigenvalue weighted by molar-refractivity contribution is 5.71. The van der Waals surface area contributed by atoms with Crippen molar-refractivity contribution in [1.82, 2.24) is 4.90 Å². The molecule has 1 rings (SSSR count). The summed E-state index contributed by atoms with van der Waals surface area (Å²) in [6.45, 7) is 3.51. The van der Waals surface area contributed by atoms with E-state index >= 15 is 0 Å². The predicted molar refractivity (Wildman–Crippen MR) is 67.2 cm³/mol. The Bertz CT molecular complexity index is 381. The molecule has 0 saturated carbocycles. The molecule has 3 nitrogen and oxygen atoms in total. The molecule has 0 aliphatic heterocycles. The molecule has 0 spiro atoms. The van der Waals surface area contributed by atoms with Gasteiger partial charge >= 0.3 is 5.97 Å². The van der Waals surface area contributed by atoms with Crippen molar-refractivity contribution in [2.75, 3.05) is 19.7 Å². The first-order valence-corrected chi connectivity index (χ1v) is 5.61. The van der Waals surface area contributed by atoms with Crippen molar-refractivity contribution < 1.29 is 9.53 Å². The van der Waals surface area contributed by atoms with Gasteiger partial charge in [-0.2, -0.15) is 0 Å². The second-order valence-electron chi connectivity index (χ2n) is 3.64. The van der Waals surface area contributed by atoms with E-state index in [0.29, 0.717) is 19.7 Å². The van der Waals surface area contributed by atoms with Crippen molar-refractivity contribution in [3.05, 3.63) is 35.9 Å². The Morgan fingerprint density at radius 2 is 2.12 bits per heavy atom. The normalized spacial score (nSPS) is 9.94. The van der Waals surface area contributed by atoms with Gasteiger partial charge in [0.2, 0.25) is 0 Å². The highest BCUT2D eigenvalue weighted by atomic mass is 16.5. The summed E-state index contributed by atoms with van der Waals surface area (Å²) in [5.41, 5.74) is 1.13. The average molecular weight is 231 g/mol. The van der Waals surface area contributed by atoms with E-state index in [1.54, 1.807) is 6.92 Å². The minimum Gasteiger partial charge on any atom is -0.465 e. The molecule has 0 unspecified atom stereocenters. The van der Waals surface area contributed by atoms with Crippen LogP contribution in [-0.2, 0) is 16.1 Å². The number of rotatable bonds is 6. The van der Waals surface area contributed by atoms with Gasteiger partial charge in [-0.3, -0.25) is 9.69 Å². The van der Waals surface area contributed by atoms with Crippen LogP contribution in [0.3, 0.4) is 0 Å². The molecule has 0 N–H and O–H groups in total. The molecule has 0 bridgehead atoms. The zero-order chi connectivity index (χ0) is 12.5. The summed E-state index contributed by atoms with van der Waals surface area (Å²) in [5.74, 6) is 2.32. The van der Waals surface area contributed by atoms with Crippen LogP contribution in [0.4, 0.5) is 0 Å². The fraction of sp³-hybridized carbons (Fsp3) is 0.357. The molecular formula is C14H17NO2. The van der Waals surface area contributed by atoms with Crippen LogP contribution >= 0.6 is 0 Å². The van der Waals surface area contributed by atoms with Crippen LogP contribution in [0, 0.1) is 12.3 Å². The molecule has 0 radical (unpaired) electrons. The Morgan fingerprint density at radius 1 is 1.41 bits per heavy atom. The Hall–Kier alpha value is -1.79. The van der Waals surface area contributed by atoms with Crippen molar-refractivity contribution >= 4 is 5.97 Å². The number of carbonyl (C=O) groups excluding carboxylic acids is 1. The van der Waals surface area contributed by atoms with E-state index in [9.17, 15) is 4.79 Å². The van der Waals surface area contributed by atoms with Crippen molar-refractivity contribution in [3.8, 4) is 12.3 Å². The van der Waals surface area contributed by atoms with E-state index in [2.05, 4.69) is 5.92 Å². The van der Waals surface area contributed by atoms with E-state index in [1.807, 2.05) is 35.2 Å². The van der Waals surface area contributed by atoms with Gasteiger partial charge in [0.15, 0.2) is 0 Å². The lowest BCUT2D eigenvalue weighted by atomic mass is 10.2. The number of carbonyl (C=O) groups is 1. The first-order chi connectivity index (χ1) is 8.26. The second kappa shape index (κ2) is 7.48. The van der Waals surface area contributed by atoms with E-state index in [4.69, 9.17) is 11.2 Å². The molecule has 0 saturated heterocycles. The van der Waals surface area contributed by atoms with Crippen LogP contribution in [-0.4, -0.2) is 30.6 Å². The van der Waals surface area contributed by atoms with Crippen LogP contribution in [0.15, 0.2) is 30.3 Å². The summed E-state index contributed by atoms with van der Waals surface area (Å²) in [6.07, 6.45) is 5.29. The number of esters is 1. The van der Waals surface area contributed by atoms with Crippen LogP contribution in [0.2, 0.25) is 0 Å². The standard InChI is InChI=1S/C14H17NO2/c1-3-10-15(12-14(16)17-4-2)11-13-8-6-5-7-9-13/h1,5-9H,4,10-12H2,2H3. The maximum atomic E-state index is 11.4. The molecule has 0 fully saturated rings. The highest BCUT2D eigenvalue weighted by Gasteiger charge is 2.10. The number of nitrogens with zero attached hydrogens (tertiary/aromatic N) is 1. The lowest BCUT2D eigenvalue weighted by Gasteiger charge is -2.18. The number of terminal acetylenes is 1. The van der Waals surface area contributed by atoms with Crippen molar-refractivity contribution in [3.63, 3.8) is 0 Å². The van der Waals surface area contributed by atoms with Crippen LogP contribution < -0.4 is 0 Å². The number of hydrogen-bond acceptors (Lipinski definition) is 3. The van der Waals surface area contributed by atoms with E-state index in [-0.39, 0.29) is 12.5 Å². The third-order valence-electron chi connectivity index (χ3n) is 2.22. The van der Waals surface area contributed by atoms with Gasteiger partial charge in [0.05, 0.1) is 19.7 Å². The van der Waals surface area contributed by atoms with Crippen LogP contribution in [0.25, 0.3) is 0 Å². The maximum absolute atomic E-state index is 11.4. The van der Waals surface area contributed by atoms with Gasteiger partial charge in [-0.1, -0.05) is 36.3 Å². The molecule has 1 aromatic rings. The molecule has 0 atom stereocenters.